The number of rotatable bonds is 5. The minimum Gasteiger partial charge on any atom is -0.457 e. The van der Waals surface area contributed by atoms with Crippen LogP contribution in [0.25, 0.3) is 0 Å². The molecule has 0 aliphatic rings. The van der Waals surface area contributed by atoms with E-state index in [1.54, 1.807) is 12.1 Å². The van der Waals surface area contributed by atoms with Gasteiger partial charge in [0.1, 0.15) is 18.6 Å². The van der Waals surface area contributed by atoms with Gasteiger partial charge in [0.15, 0.2) is 5.71 Å². The lowest BCUT2D eigenvalue weighted by atomic mass is 10.1. The molecule has 0 saturated heterocycles. The summed E-state index contributed by atoms with van der Waals surface area (Å²) in [6.45, 7) is 0. The molecule has 2 aromatic carbocycles. The monoisotopic (exact) mass is 410 g/mol. The minimum absolute atomic E-state index is 0.158. The summed E-state index contributed by atoms with van der Waals surface area (Å²) in [5.74, 6) is 0.866. The van der Waals surface area contributed by atoms with Crippen molar-refractivity contribution in [2.75, 3.05) is 14.2 Å². The topological polar surface area (TPSA) is 59.9 Å². The fourth-order valence-electron chi connectivity index (χ4n) is 1.80. The molecule has 114 valence electrons. The molecule has 0 heterocycles. The number of amides is 1. The van der Waals surface area contributed by atoms with Crippen LogP contribution in [0.15, 0.2) is 53.7 Å². The van der Waals surface area contributed by atoms with Gasteiger partial charge >= 0.3 is 0 Å². The van der Waals surface area contributed by atoms with E-state index < -0.39 is 0 Å². The summed E-state index contributed by atoms with van der Waals surface area (Å²) in [6, 6.07) is 14.8. The molecule has 0 fully saturated rings. The van der Waals surface area contributed by atoms with Gasteiger partial charge in [-0.15, -0.1) is 0 Å². The third-order valence-electron chi connectivity index (χ3n) is 2.81. The van der Waals surface area contributed by atoms with Gasteiger partial charge in [0.05, 0.1) is 5.56 Å². The third-order valence-corrected chi connectivity index (χ3v) is 3.53. The van der Waals surface area contributed by atoms with Crippen LogP contribution >= 0.6 is 22.6 Å². The molecule has 0 spiro atoms. The molecule has 1 amide bonds. The molecular formula is C16H15IN2O3. The highest BCUT2D eigenvalue weighted by molar-refractivity contribution is 14.1. The Morgan fingerprint density at radius 3 is 2.45 bits per heavy atom. The van der Waals surface area contributed by atoms with Gasteiger partial charge in [-0.3, -0.25) is 4.79 Å². The highest BCUT2D eigenvalue weighted by atomic mass is 127. The number of nitrogens with one attached hydrogen (secondary N) is 1. The summed E-state index contributed by atoms with van der Waals surface area (Å²) >= 11 is 2.23. The van der Waals surface area contributed by atoms with Crippen LogP contribution in [0, 0.1) is 3.57 Å². The molecule has 0 bridgehead atoms. The Bertz CT molecular complexity index is 684. The Labute approximate surface area is 142 Å². The zero-order valence-corrected chi connectivity index (χ0v) is 14.3. The van der Waals surface area contributed by atoms with E-state index in [9.17, 15) is 4.79 Å². The number of carbonyl (C=O) groups excluding carboxylic acids is 1. The summed E-state index contributed by atoms with van der Waals surface area (Å²) in [7, 11) is 2.93. The van der Waals surface area contributed by atoms with Crippen molar-refractivity contribution in [3.05, 3.63) is 57.7 Å². The molecule has 0 unspecified atom stereocenters. The van der Waals surface area contributed by atoms with Crippen molar-refractivity contribution in [1.29, 1.82) is 0 Å². The second-order valence-corrected chi connectivity index (χ2v) is 5.50. The predicted octanol–water partition coefficient (Wildman–Crippen LogP) is 3.18. The lowest BCUT2D eigenvalue weighted by Crippen LogP contribution is -2.28. The first kappa shape index (κ1) is 16.3. The van der Waals surface area contributed by atoms with Crippen molar-refractivity contribution in [2.45, 2.75) is 0 Å². The second-order valence-electron chi connectivity index (χ2n) is 4.25. The summed E-state index contributed by atoms with van der Waals surface area (Å²) < 4.78 is 6.98. The van der Waals surface area contributed by atoms with E-state index in [1.807, 2.05) is 36.4 Å². The average Bonchev–Trinajstić information content (AvgIpc) is 2.55. The van der Waals surface area contributed by atoms with Gasteiger partial charge in [-0.05, 0) is 59.0 Å². The van der Waals surface area contributed by atoms with Crippen LogP contribution in [0.3, 0.4) is 0 Å². The number of para-hydroxylation sites is 1. The largest absolute Gasteiger partial charge is 0.457 e. The number of nitrogens with zero attached hydrogens (tertiary/aromatic N) is 1. The lowest BCUT2D eigenvalue weighted by Gasteiger charge is -2.12. The molecule has 0 radical (unpaired) electrons. The number of oxime groups is 1. The van der Waals surface area contributed by atoms with Crippen LogP contribution in [0.1, 0.15) is 5.56 Å². The molecule has 0 aromatic heterocycles. The average molecular weight is 410 g/mol. The van der Waals surface area contributed by atoms with Crippen LogP contribution in [0.2, 0.25) is 0 Å². The van der Waals surface area contributed by atoms with E-state index >= 15 is 0 Å². The van der Waals surface area contributed by atoms with Gasteiger partial charge in [-0.1, -0.05) is 17.3 Å². The number of hydrogen-bond donors (Lipinski definition) is 1. The Morgan fingerprint density at radius 1 is 1.14 bits per heavy atom. The Balaban J connectivity index is 2.39. The number of hydrogen-bond acceptors (Lipinski definition) is 4. The number of carbonyl (C=O) groups is 1. The number of likely N-dealkylation sites (N-methyl/N-ethyl adjacent to an activating group) is 1. The van der Waals surface area contributed by atoms with Crippen LogP contribution in [-0.2, 0) is 9.63 Å². The van der Waals surface area contributed by atoms with Crippen LogP contribution < -0.4 is 10.1 Å². The smallest absolute Gasteiger partial charge is 0.273 e. The van der Waals surface area contributed by atoms with Crippen molar-refractivity contribution in [1.82, 2.24) is 5.32 Å². The molecule has 0 aliphatic carbocycles. The number of halogens is 1. The van der Waals surface area contributed by atoms with E-state index in [1.165, 1.54) is 14.2 Å². The SMILES string of the molecule is CNC(=O)/C(=N\OC)c1ccccc1Oc1ccc(I)cc1. The number of benzene rings is 2. The molecule has 0 aliphatic heterocycles. The maximum atomic E-state index is 12.0. The molecular weight excluding hydrogens is 395 g/mol. The lowest BCUT2D eigenvalue weighted by molar-refractivity contribution is -0.114. The second kappa shape index (κ2) is 7.79. The highest BCUT2D eigenvalue weighted by Crippen LogP contribution is 2.26. The van der Waals surface area contributed by atoms with Gasteiger partial charge < -0.3 is 14.9 Å². The molecule has 1 N–H and O–H groups in total. The Morgan fingerprint density at radius 2 is 1.82 bits per heavy atom. The Kier molecular flexibility index (Phi) is 5.76. The first-order valence-corrected chi connectivity index (χ1v) is 7.59. The Hall–Kier alpha value is -2.09. The third kappa shape index (κ3) is 3.97. The number of ether oxygens (including phenoxy) is 1. The molecule has 0 atom stereocenters. The molecule has 22 heavy (non-hydrogen) atoms. The summed E-state index contributed by atoms with van der Waals surface area (Å²) in [4.78, 5) is 16.7. The standard InChI is InChI=1S/C16H15IN2O3/c1-18-16(20)15(19-21-2)13-5-3-4-6-14(13)22-12-9-7-11(17)8-10-12/h3-10H,1-2H3,(H,18,20)/b19-15-. The van der Waals surface area contributed by atoms with Crippen molar-refractivity contribution in [2.24, 2.45) is 5.16 Å². The molecule has 6 heteroatoms. The van der Waals surface area contributed by atoms with Crippen LogP contribution in [0.5, 0.6) is 11.5 Å². The first-order valence-electron chi connectivity index (χ1n) is 6.51. The van der Waals surface area contributed by atoms with E-state index in [4.69, 9.17) is 9.57 Å². The van der Waals surface area contributed by atoms with Gasteiger partial charge in [0.2, 0.25) is 0 Å². The summed E-state index contributed by atoms with van der Waals surface area (Å²) in [5.41, 5.74) is 0.716. The van der Waals surface area contributed by atoms with Gasteiger partial charge in [0, 0.05) is 10.6 Å². The quantitative estimate of drug-likeness (QED) is 0.468. The fourth-order valence-corrected chi connectivity index (χ4v) is 2.16. The predicted molar refractivity (Wildman–Crippen MR) is 93.3 cm³/mol. The van der Waals surface area contributed by atoms with Gasteiger partial charge in [-0.2, -0.15) is 0 Å². The van der Waals surface area contributed by atoms with Crippen molar-refractivity contribution < 1.29 is 14.4 Å². The normalized spacial score (nSPS) is 11.0. The van der Waals surface area contributed by atoms with Crippen LogP contribution in [-0.4, -0.2) is 25.8 Å². The summed E-state index contributed by atoms with van der Waals surface area (Å²) in [5, 5.41) is 6.35. The highest BCUT2D eigenvalue weighted by Gasteiger charge is 2.18. The zero-order chi connectivity index (χ0) is 15.9. The summed E-state index contributed by atoms with van der Waals surface area (Å²) in [6.07, 6.45) is 0. The molecule has 2 aromatic rings. The minimum atomic E-state index is -0.347. The first-order chi connectivity index (χ1) is 10.7. The van der Waals surface area contributed by atoms with Crippen LogP contribution in [0.4, 0.5) is 0 Å². The maximum absolute atomic E-state index is 12.0. The van der Waals surface area contributed by atoms with E-state index in [-0.39, 0.29) is 11.6 Å². The van der Waals surface area contributed by atoms with Gasteiger partial charge in [0.25, 0.3) is 5.91 Å². The van der Waals surface area contributed by atoms with Crippen molar-refractivity contribution >= 4 is 34.2 Å². The molecule has 0 saturated carbocycles. The van der Waals surface area contributed by atoms with E-state index in [0.717, 1.165) is 3.57 Å². The van der Waals surface area contributed by atoms with E-state index in [0.29, 0.717) is 17.1 Å². The molecule has 5 nitrogen and oxygen atoms in total. The molecule has 2 rings (SSSR count). The van der Waals surface area contributed by atoms with E-state index in [2.05, 4.69) is 33.1 Å². The zero-order valence-electron chi connectivity index (χ0n) is 12.2. The fraction of sp³-hybridized carbons (Fsp3) is 0.125. The van der Waals surface area contributed by atoms with Crippen molar-refractivity contribution in [3.8, 4) is 11.5 Å². The maximum Gasteiger partial charge on any atom is 0.273 e. The van der Waals surface area contributed by atoms with Crippen molar-refractivity contribution in [3.63, 3.8) is 0 Å². The van der Waals surface area contributed by atoms with Gasteiger partial charge in [-0.25, -0.2) is 0 Å².